The molecule has 0 radical (unpaired) electrons. The standard InChI is InChI=1S/C26H27N5O.3ClH/c27-23(25-28-13-14-29-25)12-15-30-16-17-31(18-20-7-2-4-11-24(20)30)26(32)22-10-5-8-19-6-1-3-9-21(19)22;;;/h1-11,13-14,23H,12,15-18,27H2,(H,28,29);3*1H. The zero-order chi connectivity index (χ0) is 21.9. The highest BCUT2D eigenvalue weighted by atomic mass is 35.5. The summed E-state index contributed by atoms with van der Waals surface area (Å²) in [5.41, 5.74) is 9.42. The lowest BCUT2D eigenvalue weighted by Gasteiger charge is -2.26. The lowest BCUT2D eigenvalue weighted by molar-refractivity contribution is 0.0753. The van der Waals surface area contributed by atoms with Gasteiger partial charge in [-0.3, -0.25) is 4.79 Å². The minimum Gasteiger partial charge on any atom is -0.369 e. The number of benzene rings is 3. The predicted molar refractivity (Wildman–Crippen MR) is 149 cm³/mol. The lowest BCUT2D eigenvalue weighted by Crippen LogP contribution is -2.36. The van der Waals surface area contributed by atoms with E-state index in [-0.39, 0.29) is 49.2 Å². The Bertz CT molecular complexity index is 1230. The smallest absolute Gasteiger partial charge is 0.254 e. The third kappa shape index (κ3) is 6.08. The summed E-state index contributed by atoms with van der Waals surface area (Å²) in [6.45, 7) is 2.82. The van der Waals surface area contributed by atoms with Crippen LogP contribution in [0.4, 0.5) is 5.69 Å². The van der Waals surface area contributed by atoms with Gasteiger partial charge in [-0.05, 0) is 34.9 Å². The molecule has 3 N–H and O–H groups in total. The Balaban J connectivity index is 0.00000144. The minimum atomic E-state index is -0.145. The number of nitrogens with two attached hydrogens (primary N) is 1. The quantitative estimate of drug-likeness (QED) is 0.360. The van der Waals surface area contributed by atoms with Gasteiger partial charge in [0.05, 0.1) is 6.04 Å². The van der Waals surface area contributed by atoms with Gasteiger partial charge in [-0.2, -0.15) is 0 Å². The zero-order valence-electron chi connectivity index (χ0n) is 19.2. The van der Waals surface area contributed by atoms with Crippen molar-refractivity contribution in [3.63, 3.8) is 0 Å². The highest BCUT2D eigenvalue weighted by Crippen LogP contribution is 2.28. The molecule has 0 aliphatic carbocycles. The Hall–Kier alpha value is -2.77. The number of halogens is 3. The molecule has 1 amide bonds. The van der Waals surface area contributed by atoms with Crippen LogP contribution in [0.2, 0.25) is 0 Å². The van der Waals surface area contributed by atoms with Gasteiger partial charge in [0.15, 0.2) is 0 Å². The van der Waals surface area contributed by atoms with Crippen LogP contribution in [0.5, 0.6) is 0 Å². The van der Waals surface area contributed by atoms with E-state index in [0.717, 1.165) is 47.2 Å². The maximum absolute atomic E-state index is 13.6. The number of nitrogens with one attached hydrogen (secondary N) is 1. The maximum Gasteiger partial charge on any atom is 0.254 e. The molecule has 1 aliphatic rings. The number of fused-ring (bicyclic) bond motifs is 2. The van der Waals surface area contributed by atoms with E-state index in [0.29, 0.717) is 13.1 Å². The average Bonchev–Trinajstić information content (AvgIpc) is 3.31. The summed E-state index contributed by atoms with van der Waals surface area (Å²) in [4.78, 5) is 25.3. The monoisotopic (exact) mass is 533 g/mol. The molecule has 0 bridgehead atoms. The SMILES string of the molecule is Cl.Cl.Cl.NC(CCN1CCN(C(=O)c2cccc3ccccc23)Cc2ccccc21)c1ncc[nH]1. The summed E-state index contributed by atoms with van der Waals surface area (Å²) >= 11 is 0. The van der Waals surface area contributed by atoms with E-state index in [1.54, 1.807) is 12.4 Å². The summed E-state index contributed by atoms with van der Waals surface area (Å²) in [5.74, 6) is 0.881. The van der Waals surface area contributed by atoms with Crippen molar-refractivity contribution in [2.45, 2.75) is 19.0 Å². The number of carbonyl (C=O) groups is 1. The molecule has 5 rings (SSSR count). The second kappa shape index (κ2) is 12.8. The third-order valence-corrected chi connectivity index (χ3v) is 6.22. The molecule has 35 heavy (non-hydrogen) atoms. The van der Waals surface area contributed by atoms with E-state index in [9.17, 15) is 4.79 Å². The van der Waals surface area contributed by atoms with Crippen molar-refractivity contribution < 1.29 is 4.79 Å². The molecule has 1 unspecified atom stereocenters. The van der Waals surface area contributed by atoms with Crippen LogP contribution in [0, 0.1) is 0 Å². The molecule has 2 heterocycles. The largest absolute Gasteiger partial charge is 0.369 e. The highest BCUT2D eigenvalue weighted by Gasteiger charge is 2.25. The van der Waals surface area contributed by atoms with E-state index in [4.69, 9.17) is 5.73 Å². The molecule has 0 saturated heterocycles. The molecule has 186 valence electrons. The number of rotatable bonds is 5. The van der Waals surface area contributed by atoms with Gasteiger partial charge in [0, 0.05) is 49.8 Å². The Morgan fingerprint density at radius 3 is 2.51 bits per heavy atom. The first kappa shape index (κ1) is 28.5. The molecule has 1 atom stereocenters. The zero-order valence-corrected chi connectivity index (χ0v) is 21.6. The number of aromatic amines is 1. The van der Waals surface area contributed by atoms with E-state index in [2.05, 4.69) is 33.1 Å². The van der Waals surface area contributed by atoms with Crippen LogP contribution >= 0.6 is 37.2 Å². The van der Waals surface area contributed by atoms with Crippen molar-refractivity contribution in [1.82, 2.24) is 14.9 Å². The summed E-state index contributed by atoms with van der Waals surface area (Å²) in [6.07, 6.45) is 4.31. The number of H-pyrrole nitrogens is 1. The minimum absolute atomic E-state index is 0. The van der Waals surface area contributed by atoms with Crippen LogP contribution in [-0.2, 0) is 6.54 Å². The predicted octanol–water partition coefficient (Wildman–Crippen LogP) is 5.38. The van der Waals surface area contributed by atoms with Crippen LogP contribution in [-0.4, -0.2) is 40.4 Å². The lowest BCUT2D eigenvalue weighted by atomic mass is 10.0. The van der Waals surface area contributed by atoms with Crippen LogP contribution in [0.1, 0.15) is 34.2 Å². The first-order valence-corrected chi connectivity index (χ1v) is 11.1. The summed E-state index contributed by atoms with van der Waals surface area (Å²) in [6, 6.07) is 22.2. The van der Waals surface area contributed by atoms with Gasteiger partial charge in [0.25, 0.3) is 5.91 Å². The fraction of sp³-hybridized carbons (Fsp3) is 0.231. The second-order valence-electron chi connectivity index (χ2n) is 8.24. The van der Waals surface area contributed by atoms with E-state index in [1.165, 1.54) is 5.69 Å². The van der Waals surface area contributed by atoms with Crippen molar-refractivity contribution in [2.75, 3.05) is 24.5 Å². The van der Waals surface area contributed by atoms with E-state index >= 15 is 0 Å². The second-order valence-corrected chi connectivity index (χ2v) is 8.24. The Morgan fingerprint density at radius 1 is 0.971 bits per heavy atom. The maximum atomic E-state index is 13.6. The first-order valence-electron chi connectivity index (χ1n) is 11.1. The number of amides is 1. The van der Waals surface area contributed by atoms with Crippen molar-refractivity contribution in [1.29, 1.82) is 0 Å². The van der Waals surface area contributed by atoms with Gasteiger partial charge >= 0.3 is 0 Å². The Labute approximate surface area is 224 Å². The number of hydrogen-bond acceptors (Lipinski definition) is 4. The summed E-state index contributed by atoms with van der Waals surface area (Å²) in [5, 5.41) is 2.08. The molecular formula is C26H30Cl3N5O. The molecule has 0 spiro atoms. The number of aromatic nitrogens is 2. The van der Waals surface area contributed by atoms with Crippen LogP contribution in [0.25, 0.3) is 10.8 Å². The number of hydrogen-bond donors (Lipinski definition) is 2. The van der Waals surface area contributed by atoms with Crippen molar-refractivity contribution in [2.24, 2.45) is 5.73 Å². The Morgan fingerprint density at radius 2 is 1.71 bits per heavy atom. The highest BCUT2D eigenvalue weighted by molar-refractivity contribution is 6.07. The molecule has 6 nitrogen and oxygen atoms in total. The van der Waals surface area contributed by atoms with Gasteiger partial charge in [-0.25, -0.2) is 4.98 Å². The van der Waals surface area contributed by atoms with Crippen LogP contribution < -0.4 is 10.6 Å². The van der Waals surface area contributed by atoms with Crippen LogP contribution in [0.3, 0.4) is 0 Å². The van der Waals surface area contributed by atoms with Gasteiger partial charge in [-0.1, -0.05) is 54.6 Å². The van der Waals surface area contributed by atoms with E-state index in [1.807, 2.05) is 53.4 Å². The number of anilines is 1. The molecule has 0 saturated carbocycles. The first-order chi connectivity index (χ1) is 15.7. The average molecular weight is 535 g/mol. The number of imidazole rings is 1. The van der Waals surface area contributed by atoms with Crippen molar-refractivity contribution in [3.05, 3.63) is 96.1 Å². The van der Waals surface area contributed by atoms with Crippen molar-refractivity contribution in [3.8, 4) is 0 Å². The molecule has 1 aliphatic heterocycles. The van der Waals surface area contributed by atoms with Gasteiger partial charge < -0.3 is 20.5 Å². The van der Waals surface area contributed by atoms with Gasteiger partial charge in [0.2, 0.25) is 0 Å². The molecular weight excluding hydrogens is 505 g/mol. The van der Waals surface area contributed by atoms with Crippen LogP contribution in [0.15, 0.2) is 79.1 Å². The topological polar surface area (TPSA) is 78.2 Å². The fourth-order valence-electron chi connectivity index (χ4n) is 4.50. The molecule has 4 aromatic rings. The molecule has 3 aromatic carbocycles. The van der Waals surface area contributed by atoms with Gasteiger partial charge in [0.1, 0.15) is 5.82 Å². The molecule has 9 heteroatoms. The number of nitrogens with zero attached hydrogens (tertiary/aromatic N) is 3. The number of para-hydroxylation sites is 1. The van der Waals surface area contributed by atoms with Crippen molar-refractivity contribution >= 4 is 59.6 Å². The summed E-state index contributed by atoms with van der Waals surface area (Å²) in [7, 11) is 0. The third-order valence-electron chi connectivity index (χ3n) is 6.22. The Kier molecular flexibility index (Phi) is 10.4. The number of carbonyl (C=O) groups excluding carboxylic acids is 1. The molecule has 0 fully saturated rings. The molecule has 1 aromatic heterocycles. The van der Waals surface area contributed by atoms with E-state index < -0.39 is 0 Å². The fourth-order valence-corrected chi connectivity index (χ4v) is 4.50. The normalized spacial score (nSPS) is 13.5. The van der Waals surface area contributed by atoms with Gasteiger partial charge in [-0.15, -0.1) is 37.2 Å². The summed E-state index contributed by atoms with van der Waals surface area (Å²) < 4.78 is 0.